The first-order valence-corrected chi connectivity index (χ1v) is 12.1. The lowest BCUT2D eigenvalue weighted by Gasteiger charge is -2.58. The summed E-state index contributed by atoms with van der Waals surface area (Å²) in [5, 5.41) is 20.4. The van der Waals surface area contributed by atoms with Gasteiger partial charge in [-0.25, -0.2) is 0 Å². The molecule has 160 valence electrons. The first kappa shape index (κ1) is 20.9. The maximum absolute atomic E-state index is 10.2. The first-order valence-electron chi connectivity index (χ1n) is 12.1. The lowest BCUT2D eigenvalue weighted by atomic mass is 9.47. The van der Waals surface area contributed by atoms with E-state index in [0.717, 1.165) is 49.4 Å². The number of hydrogen-bond donors (Lipinski definition) is 2. The topological polar surface area (TPSA) is 40.5 Å². The number of fused-ring (bicyclic) bond motifs is 5. The Hall–Kier alpha value is -0.340. The van der Waals surface area contributed by atoms with E-state index in [-0.39, 0.29) is 6.10 Å². The van der Waals surface area contributed by atoms with Crippen molar-refractivity contribution in [2.75, 3.05) is 0 Å². The van der Waals surface area contributed by atoms with Crippen LogP contribution in [-0.4, -0.2) is 21.9 Å². The van der Waals surface area contributed by atoms with Crippen LogP contribution < -0.4 is 0 Å². The zero-order chi connectivity index (χ0) is 20.3. The fourth-order valence-electron chi connectivity index (χ4n) is 8.40. The van der Waals surface area contributed by atoms with Gasteiger partial charge in [-0.2, -0.15) is 0 Å². The van der Waals surface area contributed by atoms with Gasteiger partial charge in [0.05, 0.1) is 11.7 Å². The Kier molecular flexibility index (Phi) is 5.32. The van der Waals surface area contributed by atoms with Gasteiger partial charge in [0.15, 0.2) is 0 Å². The van der Waals surface area contributed by atoms with Crippen LogP contribution in [0, 0.1) is 40.4 Å². The maximum atomic E-state index is 10.2. The number of hydrogen-bond acceptors (Lipinski definition) is 2. The fourth-order valence-corrected chi connectivity index (χ4v) is 8.40. The predicted molar refractivity (Wildman–Crippen MR) is 116 cm³/mol. The average molecular weight is 389 g/mol. The van der Waals surface area contributed by atoms with Crippen molar-refractivity contribution in [3.05, 3.63) is 11.6 Å². The van der Waals surface area contributed by atoms with Gasteiger partial charge in [0, 0.05) is 0 Å². The summed E-state index contributed by atoms with van der Waals surface area (Å²) < 4.78 is 0. The molecule has 2 nitrogen and oxygen atoms in total. The standard InChI is InChI=1S/C26H44O2/c1-17(10-13-24(2,3)28)21-8-9-22-20-7-6-18-16-19(27)11-14-25(18,4)23(20)12-15-26(21,22)5/h6,17,19-23,27-28H,7-16H2,1-5H3/t17?,19?,20?,21-,22?,23?,25+,26-/m1/s1. The molecule has 0 radical (unpaired) electrons. The van der Waals surface area contributed by atoms with Gasteiger partial charge in [0.25, 0.3) is 0 Å². The molecule has 0 aromatic carbocycles. The minimum atomic E-state index is -0.532. The van der Waals surface area contributed by atoms with Gasteiger partial charge in [-0.15, -0.1) is 0 Å². The highest BCUT2D eigenvalue weighted by atomic mass is 16.3. The fraction of sp³-hybridized carbons (Fsp3) is 0.923. The van der Waals surface area contributed by atoms with Crippen LogP contribution in [0.5, 0.6) is 0 Å². The van der Waals surface area contributed by atoms with Gasteiger partial charge in [0.1, 0.15) is 0 Å². The molecule has 3 fully saturated rings. The Morgan fingerprint density at radius 3 is 2.57 bits per heavy atom. The maximum Gasteiger partial charge on any atom is 0.0591 e. The molecule has 8 atom stereocenters. The monoisotopic (exact) mass is 388 g/mol. The minimum Gasteiger partial charge on any atom is -0.393 e. The summed E-state index contributed by atoms with van der Waals surface area (Å²) >= 11 is 0. The molecule has 0 aromatic heterocycles. The van der Waals surface area contributed by atoms with Gasteiger partial charge < -0.3 is 10.2 Å². The number of rotatable bonds is 4. The van der Waals surface area contributed by atoms with E-state index in [0.29, 0.717) is 16.7 Å². The van der Waals surface area contributed by atoms with E-state index < -0.39 is 5.60 Å². The largest absolute Gasteiger partial charge is 0.393 e. The smallest absolute Gasteiger partial charge is 0.0591 e. The molecule has 5 unspecified atom stereocenters. The third kappa shape index (κ3) is 3.41. The number of allylic oxidation sites excluding steroid dienone is 1. The van der Waals surface area contributed by atoms with Crippen LogP contribution in [0.2, 0.25) is 0 Å². The Morgan fingerprint density at radius 2 is 1.86 bits per heavy atom. The van der Waals surface area contributed by atoms with Crippen molar-refractivity contribution in [2.45, 2.75) is 111 Å². The van der Waals surface area contributed by atoms with E-state index in [1.54, 1.807) is 5.57 Å². The van der Waals surface area contributed by atoms with Crippen LogP contribution in [0.25, 0.3) is 0 Å². The highest BCUT2D eigenvalue weighted by Crippen LogP contribution is 2.67. The van der Waals surface area contributed by atoms with Crippen LogP contribution >= 0.6 is 0 Å². The molecule has 0 aliphatic heterocycles. The van der Waals surface area contributed by atoms with Crippen LogP contribution in [0.15, 0.2) is 11.6 Å². The van der Waals surface area contributed by atoms with E-state index in [4.69, 9.17) is 0 Å². The Morgan fingerprint density at radius 1 is 1.11 bits per heavy atom. The van der Waals surface area contributed by atoms with Crippen molar-refractivity contribution in [3.63, 3.8) is 0 Å². The molecule has 0 amide bonds. The highest BCUT2D eigenvalue weighted by molar-refractivity contribution is 5.25. The lowest BCUT2D eigenvalue weighted by molar-refractivity contribution is -0.0585. The first-order chi connectivity index (χ1) is 13.0. The van der Waals surface area contributed by atoms with Crippen molar-refractivity contribution >= 4 is 0 Å². The third-order valence-electron chi connectivity index (χ3n) is 10.0. The highest BCUT2D eigenvalue weighted by Gasteiger charge is 2.59. The summed E-state index contributed by atoms with van der Waals surface area (Å²) in [6, 6.07) is 0. The van der Waals surface area contributed by atoms with Crippen molar-refractivity contribution in [2.24, 2.45) is 40.4 Å². The Labute approximate surface area is 173 Å². The Balaban J connectivity index is 1.52. The Bertz CT molecular complexity index is 616. The molecule has 2 heteroatoms. The van der Waals surface area contributed by atoms with Crippen LogP contribution in [0.4, 0.5) is 0 Å². The molecule has 0 heterocycles. The molecular weight excluding hydrogens is 344 g/mol. The second kappa shape index (κ2) is 7.12. The van der Waals surface area contributed by atoms with E-state index in [9.17, 15) is 10.2 Å². The van der Waals surface area contributed by atoms with E-state index in [2.05, 4.69) is 26.8 Å². The summed E-state index contributed by atoms with van der Waals surface area (Å²) in [6.07, 6.45) is 14.5. The predicted octanol–water partition coefficient (Wildman–Crippen LogP) is 6.11. The summed E-state index contributed by atoms with van der Waals surface area (Å²) in [5.41, 5.74) is 1.91. The zero-order valence-electron chi connectivity index (χ0n) is 19.0. The summed E-state index contributed by atoms with van der Waals surface area (Å²) in [7, 11) is 0. The summed E-state index contributed by atoms with van der Waals surface area (Å²) in [4.78, 5) is 0. The number of aliphatic hydroxyl groups is 2. The van der Waals surface area contributed by atoms with Gasteiger partial charge in [0.2, 0.25) is 0 Å². The van der Waals surface area contributed by atoms with Gasteiger partial charge in [-0.05, 0) is 118 Å². The molecule has 0 spiro atoms. The van der Waals surface area contributed by atoms with Crippen LogP contribution in [-0.2, 0) is 0 Å². The second-order valence-corrected chi connectivity index (χ2v) is 12.2. The average Bonchev–Trinajstić information content (AvgIpc) is 2.97. The molecule has 0 saturated heterocycles. The van der Waals surface area contributed by atoms with E-state index in [1.165, 1.54) is 38.5 Å². The van der Waals surface area contributed by atoms with Crippen LogP contribution in [0.3, 0.4) is 0 Å². The van der Waals surface area contributed by atoms with Gasteiger partial charge >= 0.3 is 0 Å². The van der Waals surface area contributed by atoms with Crippen molar-refractivity contribution < 1.29 is 10.2 Å². The third-order valence-corrected chi connectivity index (χ3v) is 10.0. The zero-order valence-corrected chi connectivity index (χ0v) is 19.0. The van der Waals surface area contributed by atoms with Crippen molar-refractivity contribution in [3.8, 4) is 0 Å². The van der Waals surface area contributed by atoms with Gasteiger partial charge in [-0.3, -0.25) is 0 Å². The summed E-state index contributed by atoms with van der Waals surface area (Å²) in [5.74, 6) is 4.11. The quantitative estimate of drug-likeness (QED) is 0.570. The SMILES string of the molecule is CC(CCC(C)(C)O)[C@H]1CCC2C3CC=C4CC(O)CC[C@]4(C)C3CC[C@@]21C. The minimum absolute atomic E-state index is 0.0998. The van der Waals surface area contributed by atoms with Crippen LogP contribution in [0.1, 0.15) is 98.8 Å². The lowest BCUT2D eigenvalue weighted by Crippen LogP contribution is -2.50. The molecule has 28 heavy (non-hydrogen) atoms. The molecule has 3 saturated carbocycles. The van der Waals surface area contributed by atoms with Gasteiger partial charge in [-0.1, -0.05) is 32.4 Å². The van der Waals surface area contributed by atoms with Crippen molar-refractivity contribution in [1.82, 2.24) is 0 Å². The van der Waals surface area contributed by atoms with E-state index in [1.807, 2.05) is 13.8 Å². The summed E-state index contributed by atoms with van der Waals surface area (Å²) in [6.45, 7) is 11.5. The molecule has 2 N–H and O–H groups in total. The molecular formula is C26H44O2. The molecule has 4 aliphatic carbocycles. The number of aliphatic hydroxyl groups excluding tert-OH is 1. The normalized spacial score (nSPS) is 47.0. The van der Waals surface area contributed by atoms with Crippen molar-refractivity contribution in [1.29, 1.82) is 0 Å². The molecule has 0 bridgehead atoms. The second-order valence-electron chi connectivity index (χ2n) is 12.2. The molecule has 4 rings (SSSR count). The molecule has 0 aromatic rings. The molecule has 4 aliphatic rings. The van der Waals surface area contributed by atoms with E-state index >= 15 is 0 Å².